The summed E-state index contributed by atoms with van der Waals surface area (Å²) in [6, 6.07) is 22.2. The van der Waals surface area contributed by atoms with Gasteiger partial charge in [0, 0.05) is 46.1 Å². The third kappa shape index (κ3) is 7.86. The predicted octanol–water partition coefficient (Wildman–Crippen LogP) is 9.73. The minimum absolute atomic E-state index is 0.103. The first-order chi connectivity index (χ1) is 28.9. The smallest absolute Gasteiger partial charge is 0.196 e. The number of aromatic nitrogens is 8. The zero-order valence-corrected chi connectivity index (χ0v) is 35.0. The van der Waals surface area contributed by atoms with E-state index in [-0.39, 0.29) is 28.8 Å². The van der Waals surface area contributed by atoms with Gasteiger partial charge in [0.1, 0.15) is 23.2 Å². The van der Waals surface area contributed by atoms with E-state index >= 15 is 0 Å². The highest BCUT2D eigenvalue weighted by molar-refractivity contribution is 7.09. The zero-order chi connectivity index (χ0) is 42.2. The van der Waals surface area contributed by atoms with Gasteiger partial charge < -0.3 is 9.47 Å². The van der Waals surface area contributed by atoms with Gasteiger partial charge in [-0.25, -0.2) is 8.78 Å². The Bertz CT molecular complexity index is 3140. The van der Waals surface area contributed by atoms with Gasteiger partial charge in [-0.1, -0.05) is 26.0 Å². The molecule has 0 saturated heterocycles. The molecule has 7 aromatic heterocycles. The standard InChI is InChI=1S/C22H18FN5OS.C22H20FN5OS/c1-12-6-20(30-27-12)16-9-18(23)22-26-25-21(28(22)11-16)13(2)14-4-5-19-15(7-14)8-17(29-3)10-24-19;1-12-6-20(30-27-12)16-9-18(23)22(25)28(11-16)21(24)13(2)14-4-5-19-15(7-14)8-17(29-3)10-26-19/h4-11,13H,1-3H3;4-11,13,24-25H,1-3H3/t2*13-/m10/s1. The fraction of sp³-hybridized carbons (Fsp3) is 0.182. The molecule has 302 valence electrons. The van der Waals surface area contributed by atoms with Crippen LogP contribution in [0.1, 0.15) is 54.0 Å². The fourth-order valence-electron chi connectivity index (χ4n) is 6.82. The first-order valence-electron chi connectivity index (χ1n) is 18.7. The summed E-state index contributed by atoms with van der Waals surface area (Å²) in [5.74, 6) is 0.576. The summed E-state index contributed by atoms with van der Waals surface area (Å²) < 4.78 is 51.4. The minimum atomic E-state index is -0.678. The van der Waals surface area contributed by atoms with Crippen molar-refractivity contribution < 1.29 is 18.3 Å². The molecule has 0 amide bonds. The topological polar surface area (TPSA) is 153 Å². The highest BCUT2D eigenvalue weighted by atomic mass is 32.1. The summed E-state index contributed by atoms with van der Waals surface area (Å²) in [4.78, 5) is 10.5. The third-order valence-electron chi connectivity index (χ3n) is 10.2. The number of hydrogen-bond acceptors (Lipinski definition) is 12. The van der Waals surface area contributed by atoms with Crippen LogP contribution in [-0.2, 0) is 0 Å². The first-order valence-corrected chi connectivity index (χ1v) is 20.3. The van der Waals surface area contributed by atoms with E-state index in [1.807, 2.05) is 88.5 Å². The molecular weight excluding hydrogens is 803 g/mol. The lowest BCUT2D eigenvalue weighted by Crippen LogP contribution is -2.31. The number of methoxy groups -OCH3 is 2. The normalized spacial score (nSPS) is 12.3. The molecule has 7 heterocycles. The molecular formula is C44H38F2N10O2S2. The van der Waals surface area contributed by atoms with Gasteiger partial charge in [-0.3, -0.25) is 29.8 Å². The summed E-state index contributed by atoms with van der Waals surface area (Å²) in [5.41, 5.74) is 6.58. The molecule has 9 aromatic rings. The van der Waals surface area contributed by atoms with Gasteiger partial charge in [-0.05, 0) is 109 Å². The molecule has 12 nitrogen and oxygen atoms in total. The first kappa shape index (κ1) is 40.0. The van der Waals surface area contributed by atoms with Gasteiger partial charge in [0.05, 0.1) is 58.8 Å². The second-order valence-electron chi connectivity index (χ2n) is 14.3. The Hall–Kier alpha value is -6.78. The van der Waals surface area contributed by atoms with E-state index < -0.39 is 11.6 Å². The van der Waals surface area contributed by atoms with E-state index in [9.17, 15) is 8.78 Å². The van der Waals surface area contributed by atoms with Crippen LogP contribution in [0.15, 0.2) is 97.6 Å². The van der Waals surface area contributed by atoms with Crippen molar-refractivity contribution in [3.05, 3.63) is 143 Å². The van der Waals surface area contributed by atoms with E-state index in [0.717, 1.165) is 59.6 Å². The molecule has 2 atom stereocenters. The molecule has 2 aromatic carbocycles. The Kier molecular flexibility index (Phi) is 11.0. The van der Waals surface area contributed by atoms with E-state index in [2.05, 4.69) is 35.0 Å². The number of nitrogens with zero attached hydrogens (tertiary/aromatic N) is 8. The lowest BCUT2D eigenvalue weighted by molar-refractivity contribution is 0.413. The average Bonchev–Trinajstić information content (AvgIpc) is 4.03. The summed E-state index contributed by atoms with van der Waals surface area (Å²) in [5, 5.41) is 27.1. The molecule has 0 radical (unpaired) electrons. The van der Waals surface area contributed by atoms with Crippen molar-refractivity contribution in [1.29, 1.82) is 10.8 Å². The van der Waals surface area contributed by atoms with Crippen molar-refractivity contribution in [3.8, 4) is 32.4 Å². The van der Waals surface area contributed by atoms with Gasteiger partial charge in [-0.2, -0.15) is 8.75 Å². The second kappa shape index (κ2) is 16.5. The number of aryl methyl sites for hydroxylation is 2. The van der Waals surface area contributed by atoms with Crippen LogP contribution in [0.3, 0.4) is 0 Å². The summed E-state index contributed by atoms with van der Waals surface area (Å²) in [6.07, 6.45) is 6.86. The molecule has 60 heavy (non-hydrogen) atoms. The molecule has 0 aliphatic rings. The fourth-order valence-corrected chi connectivity index (χ4v) is 8.29. The Morgan fingerprint density at radius 2 is 1.25 bits per heavy atom. The molecule has 2 N–H and O–H groups in total. The van der Waals surface area contributed by atoms with Crippen molar-refractivity contribution in [3.63, 3.8) is 0 Å². The second-order valence-corrected chi connectivity index (χ2v) is 15.9. The van der Waals surface area contributed by atoms with Gasteiger partial charge in [0.15, 0.2) is 22.8 Å². The Labute approximate surface area is 351 Å². The Morgan fingerprint density at radius 1 is 0.700 bits per heavy atom. The van der Waals surface area contributed by atoms with Gasteiger partial charge >= 0.3 is 0 Å². The maximum atomic E-state index is 14.7. The lowest BCUT2D eigenvalue weighted by Gasteiger charge is -2.18. The summed E-state index contributed by atoms with van der Waals surface area (Å²) in [6.45, 7) is 7.69. The van der Waals surface area contributed by atoms with Crippen LogP contribution in [0.2, 0.25) is 0 Å². The maximum Gasteiger partial charge on any atom is 0.196 e. The van der Waals surface area contributed by atoms with E-state index in [1.54, 1.807) is 37.2 Å². The highest BCUT2D eigenvalue weighted by Crippen LogP contribution is 2.32. The van der Waals surface area contributed by atoms with Crippen LogP contribution >= 0.6 is 23.1 Å². The van der Waals surface area contributed by atoms with Crippen molar-refractivity contribution in [2.75, 3.05) is 14.2 Å². The molecule has 0 bridgehead atoms. The van der Waals surface area contributed by atoms with Gasteiger partial charge in [0.25, 0.3) is 0 Å². The number of nitrogens with one attached hydrogen (secondary N) is 2. The van der Waals surface area contributed by atoms with Crippen molar-refractivity contribution in [1.82, 2.24) is 37.9 Å². The number of benzene rings is 2. The Morgan fingerprint density at radius 3 is 1.82 bits per heavy atom. The zero-order valence-electron chi connectivity index (χ0n) is 33.4. The van der Waals surface area contributed by atoms with Crippen LogP contribution in [0.5, 0.6) is 11.5 Å². The number of fused-ring (bicyclic) bond motifs is 3. The van der Waals surface area contributed by atoms with Crippen LogP contribution in [0.4, 0.5) is 8.78 Å². The minimum Gasteiger partial charge on any atom is -0.495 e. The SMILES string of the molecule is COc1cnc2ccc([C@@H](C)c3nnc4c(F)cc(-c5cc(C)ns5)cn34)cc2c1.COc1cnc2ccc([C@H](C)C(=N)n3cc(-c4cc(C)ns4)cc(F)c3=N)cc2c1. The highest BCUT2D eigenvalue weighted by Gasteiger charge is 2.21. The summed E-state index contributed by atoms with van der Waals surface area (Å²) >= 11 is 2.62. The average molecular weight is 841 g/mol. The number of rotatable bonds is 8. The Balaban J connectivity index is 0.000000166. The monoisotopic (exact) mass is 840 g/mol. The van der Waals surface area contributed by atoms with Crippen molar-refractivity contribution in [2.24, 2.45) is 0 Å². The predicted molar refractivity (Wildman–Crippen MR) is 231 cm³/mol. The number of hydrogen-bond donors (Lipinski definition) is 2. The van der Waals surface area contributed by atoms with Crippen LogP contribution < -0.4 is 15.0 Å². The van der Waals surface area contributed by atoms with Crippen LogP contribution in [0, 0.1) is 36.3 Å². The van der Waals surface area contributed by atoms with Gasteiger partial charge in [-0.15, -0.1) is 10.2 Å². The van der Waals surface area contributed by atoms with E-state index in [1.165, 1.54) is 39.8 Å². The number of ether oxygens (including phenoxy) is 2. The molecule has 0 aliphatic carbocycles. The number of halogens is 2. The molecule has 16 heteroatoms. The van der Waals surface area contributed by atoms with Crippen molar-refractivity contribution in [2.45, 2.75) is 39.5 Å². The van der Waals surface area contributed by atoms with Crippen LogP contribution in [0.25, 0.3) is 48.3 Å². The molecule has 9 rings (SSSR count). The molecule has 0 spiro atoms. The maximum absolute atomic E-state index is 14.7. The third-order valence-corrected chi connectivity index (χ3v) is 12.1. The van der Waals surface area contributed by atoms with E-state index in [4.69, 9.17) is 20.3 Å². The van der Waals surface area contributed by atoms with Crippen LogP contribution in [-0.4, -0.2) is 57.9 Å². The largest absolute Gasteiger partial charge is 0.495 e. The number of pyridine rings is 4. The molecule has 0 aliphatic heterocycles. The van der Waals surface area contributed by atoms with E-state index in [0.29, 0.717) is 22.9 Å². The molecule has 0 unspecified atom stereocenters. The lowest BCUT2D eigenvalue weighted by atomic mass is 9.97. The molecule has 0 fully saturated rings. The quantitative estimate of drug-likeness (QED) is 0.113. The summed E-state index contributed by atoms with van der Waals surface area (Å²) in [7, 11) is 3.21. The van der Waals surface area contributed by atoms with Crippen molar-refractivity contribution >= 4 is 56.4 Å². The van der Waals surface area contributed by atoms with Gasteiger partial charge in [0.2, 0.25) is 0 Å². The molecule has 0 saturated carbocycles.